The summed E-state index contributed by atoms with van der Waals surface area (Å²) in [6, 6.07) is 13.6. The highest BCUT2D eigenvalue weighted by atomic mass is 79.9. The molecule has 6 nitrogen and oxygen atoms in total. The van der Waals surface area contributed by atoms with Crippen LogP contribution in [0.15, 0.2) is 58.6 Å². The number of aliphatic hydroxyl groups is 1. The first-order valence-electron chi connectivity index (χ1n) is 9.66. The van der Waals surface area contributed by atoms with E-state index in [2.05, 4.69) is 15.9 Å². The number of likely N-dealkylation sites (tertiary alicyclic amines) is 1. The lowest BCUT2D eigenvalue weighted by atomic mass is 9.95. The van der Waals surface area contributed by atoms with E-state index in [9.17, 15) is 14.7 Å². The van der Waals surface area contributed by atoms with Crippen molar-refractivity contribution in [1.29, 1.82) is 0 Å². The molecule has 0 unspecified atom stereocenters. The van der Waals surface area contributed by atoms with Crippen LogP contribution in [0.2, 0.25) is 0 Å². The van der Waals surface area contributed by atoms with E-state index in [1.807, 2.05) is 31.1 Å². The summed E-state index contributed by atoms with van der Waals surface area (Å²) < 4.78 is 6.08. The summed E-state index contributed by atoms with van der Waals surface area (Å²) in [6.07, 6.45) is 0.713. The van der Waals surface area contributed by atoms with Crippen molar-refractivity contribution in [3.8, 4) is 5.75 Å². The van der Waals surface area contributed by atoms with Gasteiger partial charge in [0.25, 0.3) is 11.7 Å². The third-order valence-corrected chi connectivity index (χ3v) is 5.62. The molecule has 30 heavy (non-hydrogen) atoms. The summed E-state index contributed by atoms with van der Waals surface area (Å²) in [5.74, 6) is -0.748. The molecular weight excluding hydrogens is 448 g/mol. The molecule has 1 heterocycles. The van der Waals surface area contributed by atoms with Gasteiger partial charge in [0.1, 0.15) is 11.5 Å². The van der Waals surface area contributed by atoms with Crippen molar-refractivity contribution in [2.24, 2.45) is 0 Å². The van der Waals surface area contributed by atoms with Gasteiger partial charge in [-0.3, -0.25) is 9.59 Å². The van der Waals surface area contributed by atoms with E-state index in [4.69, 9.17) is 4.74 Å². The van der Waals surface area contributed by atoms with Gasteiger partial charge in [-0.25, -0.2) is 0 Å². The fourth-order valence-electron chi connectivity index (χ4n) is 3.56. The second-order valence-electron chi connectivity index (χ2n) is 7.43. The number of aliphatic hydroxyl groups excluding tert-OH is 1. The van der Waals surface area contributed by atoms with Gasteiger partial charge in [-0.2, -0.15) is 0 Å². The Kier molecular flexibility index (Phi) is 6.95. The second kappa shape index (κ2) is 9.45. The molecule has 2 aromatic rings. The zero-order valence-corrected chi connectivity index (χ0v) is 18.8. The SMILES string of the molecule is COc1ccc([C@@H]2/C(=C(\O)c3ccc(Br)cc3)C(=O)C(=O)N2CCCN(C)C)cc1. The standard InChI is InChI=1S/C23H25BrN2O4/c1-25(2)13-4-14-26-20(15-7-11-18(30-3)12-8-15)19(22(28)23(26)29)21(27)16-5-9-17(24)10-6-16/h5-12,20,27H,4,13-14H2,1-3H3/b21-19+/t20-/m1/s1. The van der Waals surface area contributed by atoms with Crippen LogP contribution in [0.3, 0.4) is 0 Å². The topological polar surface area (TPSA) is 70.1 Å². The lowest BCUT2D eigenvalue weighted by Crippen LogP contribution is -2.32. The number of nitrogens with zero attached hydrogens (tertiary/aromatic N) is 2. The fourth-order valence-corrected chi connectivity index (χ4v) is 3.83. The molecule has 0 bridgehead atoms. The third-order valence-electron chi connectivity index (χ3n) is 5.09. The van der Waals surface area contributed by atoms with Crippen molar-refractivity contribution in [3.63, 3.8) is 0 Å². The smallest absolute Gasteiger partial charge is 0.295 e. The Morgan fingerprint density at radius 2 is 1.73 bits per heavy atom. The molecule has 3 rings (SSSR count). The van der Waals surface area contributed by atoms with E-state index >= 15 is 0 Å². The van der Waals surface area contributed by atoms with Crippen LogP contribution < -0.4 is 4.74 Å². The number of carbonyl (C=O) groups excluding carboxylic acids is 2. The van der Waals surface area contributed by atoms with Crippen molar-refractivity contribution in [3.05, 3.63) is 69.7 Å². The second-order valence-corrected chi connectivity index (χ2v) is 8.35. The summed E-state index contributed by atoms with van der Waals surface area (Å²) in [5, 5.41) is 11.0. The third kappa shape index (κ3) is 4.57. The number of rotatable bonds is 7. The van der Waals surface area contributed by atoms with Gasteiger partial charge in [0.15, 0.2) is 0 Å². The molecule has 1 atom stereocenters. The maximum absolute atomic E-state index is 12.9. The molecule has 7 heteroatoms. The van der Waals surface area contributed by atoms with Crippen LogP contribution in [0.5, 0.6) is 5.75 Å². The quantitative estimate of drug-likeness (QED) is 0.376. The van der Waals surface area contributed by atoms with Crippen LogP contribution in [0.4, 0.5) is 0 Å². The number of ether oxygens (including phenoxy) is 1. The van der Waals surface area contributed by atoms with E-state index in [-0.39, 0.29) is 11.3 Å². The summed E-state index contributed by atoms with van der Waals surface area (Å²) in [7, 11) is 5.50. The van der Waals surface area contributed by atoms with Crippen molar-refractivity contribution in [2.75, 3.05) is 34.3 Å². The zero-order chi connectivity index (χ0) is 21.8. The zero-order valence-electron chi connectivity index (χ0n) is 17.3. The van der Waals surface area contributed by atoms with Crippen molar-refractivity contribution in [1.82, 2.24) is 9.80 Å². The van der Waals surface area contributed by atoms with Gasteiger partial charge in [0, 0.05) is 16.6 Å². The average molecular weight is 473 g/mol. The summed E-state index contributed by atoms with van der Waals surface area (Å²) in [6.45, 7) is 1.20. The van der Waals surface area contributed by atoms with Gasteiger partial charge in [-0.05, 0) is 56.9 Å². The number of hydrogen-bond acceptors (Lipinski definition) is 5. The molecule has 1 amide bonds. The number of amides is 1. The lowest BCUT2D eigenvalue weighted by molar-refractivity contribution is -0.139. The summed E-state index contributed by atoms with van der Waals surface area (Å²) >= 11 is 3.37. The number of hydrogen-bond donors (Lipinski definition) is 1. The highest BCUT2D eigenvalue weighted by molar-refractivity contribution is 9.10. The Hall–Kier alpha value is -2.64. The van der Waals surface area contributed by atoms with Gasteiger partial charge in [0.2, 0.25) is 0 Å². The van der Waals surface area contributed by atoms with Gasteiger partial charge in [-0.1, -0.05) is 40.2 Å². The Bertz CT molecular complexity index is 952. The molecule has 1 saturated heterocycles. The number of methoxy groups -OCH3 is 1. The molecule has 0 aromatic heterocycles. The minimum absolute atomic E-state index is 0.109. The molecule has 1 aliphatic rings. The highest BCUT2D eigenvalue weighted by Gasteiger charge is 2.45. The predicted octanol–water partition coefficient (Wildman–Crippen LogP) is 3.83. The molecule has 0 aliphatic carbocycles. The maximum atomic E-state index is 12.9. The van der Waals surface area contributed by atoms with Crippen molar-refractivity contribution >= 4 is 33.4 Å². The van der Waals surface area contributed by atoms with E-state index < -0.39 is 17.7 Å². The minimum Gasteiger partial charge on any atom is -0.507 e. The first-order valence-corrected chi connectivity index (χ1v) is 10.5. The predicted molar refractivity (Wildman–Crippen MR) is 119 cm³/mol. The van der Waals surface area contributed by atoms with E-state index in [0.717, 1.165) is 16.6 Å². The first-order chi connectivity index (χ1) is 14.3. The van der Waals surface area contributed by atoms with Gasteiger partial charge in [0.05, 0.1) is 18.7 Å². The summed E-state index contributed by atoms with van der Waals surface area (Å²) in [5.41, 5.74) is 1.35. The monoisotopic (exact) mass is 472 g/mol. The number of Topliss-reactive ketones (excluding diaryl/α,β-unsaturated/α-hetero) is 1. The molecular formula is C23H25BrN2O4. The molecule has 1 fully saturated rings. The Labute approximate surface area is 184 Å². The Balaban J connectivity index is 2.07. The molecule has 1 N–H and O–H groups in total. The Morgan fingerprint density at radius 3 is 2.30 bits per heavy atom. The van der Waals surface area contributed by atoms with Crippen LogP contribution in [0, 0.1) is 0 Å². The van der Waals surface area contributed by atoms with Crippen molar-refractivity contribution < 1.29 is 19.4 Å². The molecule has 1 aliphatic heterocycles. The van der Waals surface area contributed by atoms with Crippen LogP contribution in [-0.2, 0) is 9.59 Å². The highest BCUT2D eigenvalue weighted by Crippen LogP contribution is 2.40. The van der Waals surface area contributed by atoms with E-state index in [1.165, 1.54) is 0 Å². The average Bonchev–Trinajstić information content (AvgIpc) is 2.98. The normalized spacial score (nSPS) is 18.3. The van der Waals surface area contributed by atoms with Crippen molar-refractivity contribution in [2.45, 2.75) is 12.5 Å². The van der Waals surface area contributed by atoms with Crippen LogP contribution >= 0.6 is 15.9 Å². The fraction of sp³-hybridized carbons (Fsp3) is 0.304. The minimum atomic E-state index is -0.666. The number of benzene rings is 2. The van der Waals surface area contributed by atoms with Crippen LogP contribution in [0.25, 0.3) is 5.76 Å². The van der Waals surface area contributed by atoms with Crippen LogP contribution in [-0.4, -0.2) is 60.9 Å². The van der Waals surface area contributed by atoms with E-state index in [0.29, 0.717) is 24.3 Å². The first kappa shape index (κ1) is 22.1. The molecule has 0 saturated carbocycles. The molecule has 2 aromatic carbocycles. The van der Waals surface area contributed by atoms with E-state index in [1.54, 1.807) is 48.4 Å². The summed E-state index contributed by atoms with van der Waals surface area (Å²) in [4.78, 5) is 29.4. The van der Waals surface area contributed by atoms with Gasteiger partial charge in [-0.15, -0.1) is 0 Å². The number of carbonyl (C=O) groups is 2. The molecule has 0 radical (unpaired) electrons. The largest absolute Gasteiger partial charge is 0.507 e. The van der Waals surface area contributed by atoms with Crippen LogP contribution in [0.1, 0.15) is 23.6 Å². The van der Waals surface area contributed by atoms with Gasteiger partial charge < -0.3 is 19.6 Å². The Morgan fingerprint density at radius 1 is 1.10 bits per heavy atom. The molecule has 0 spiro atoms. The van der Waals surface area contributed by atoms with Gasteiger partial charge >= 0.3 is 0 Å². The number of halogens is 1. The lowest BCUT2D eigenvalue weighted by Gasteiger charge is -2.26. The maximum Gasteiger partial charge on any atom is 0.295 e. The molecule has 158 valence electrons. The number of ketones is 1.